The maximum atomic E-state index is 11.8. The molecule has 1 aromatic heterocycles. The van der Waals surface area contributed by atoms with Gasteiger partial charge in [0.05, 0.1) is 13.5 Å². The zero-order chi connectivity index (χ0) is 15.2. The largest absolute Gasteiger partial charge is 0.481 e. The van der Waals surface area contributed by atoms with Gasteiger partial charge in [-0.3, -0.25) is 4.79 Å². The monoisotopic (exact) mass is 293 g/mol. The minimum atomic E-state index is -0.897. The van der Waals surface area contributed by atoms with Gasteiger partial charge in [0.1, 0.15) is 0 Å². The van der Waals surface area contributed by atoms with E-state index < -0.39 is 5.97 Å². The van der Waals surface area contributed by atoms with Crippen LogP contribution in [0.2, 0.25) is 0 Å². The van der Waals surface area contributed by atoms with Gasteiger partial charge in [-0.2, -0.15) is 0 Å². The summed E-state index contributed by atoms with van der Waals surface area (Å²) in [6.45, 7) is 0.327. The molecule has 1 fully saturated rings. The molecule has 0 bridgehead atoms. The molecular weight excluding hydrogens is 274 g/mol. The molecule has 2 rings (SSSR count). The molecule has 0 aromatic carbocycles. The Morgan fingerprint density at radius 2 is 2.24 bits per heavy atom. The minimum absolute atomic E-state index is 0.0395. The number of rotatable bonds is 7. The number of urea groups is 1. The van der Waals surface area contributed by atoms with Crippen molar-refractivity contribution in [3.63, 3.8) is 0 Å². The van der Waals surface area contributed by atoms with Crippen molar-refractivity contribution in [1.29, 1.82) is 0 Å². The van der Waals surface area contributed by atoms with E-state index in [0.29, 0.717) is 12.4 Å². The summed E-state index contributed by atoms with van der Waals surface area (Å²) in [5.41, 5.74) is 0.840. The number of aliphatic carboxylic acids is 1. The minimum Gasteiger partial charge on any atom is -0.481 e. The van der Waals surface area contributed by atoms with Crippen molar-refractivity contribution in [2.45, 2.75) is 31.8 Å². The number of carbonyl (C=O) groups excluding carboxylic acids is 1. The van der Waals surface area contributed by atoms with E-state index in [1.807, 2.05) is 6.07 Å². The number of carboxylic acids is 1. The Morgan fingerprint density at radius 3 is 2.76 bits per heavy atom. The molecule has 2 amide bonds. The highest BCUT2D eigenvalue weighted by molar-refractivity contribution is 5.75. The Kier molecular flexibility index (Phi) is 4.97. The van der Waals surface area contributed by atoms with Crippen LogP contribution in [0.4, 0.5) is 4.79 Å². The van der Waals surface area contributed by atoms with Gasteiger partial charge in [-0.05, 0) is 24.3 Å². The second-order valence-corrected chi connectivity index (χ2v) is 5.08. The molecule has 114 valence electrons. The topological polar surface area (TPSA) is 101 Å². The third kappa shape index (κ3) is 4.94. The van der Waals surface area contributed by atoms with Crippen molar-refractivity contribution >= 4 is 12.0 Å². The predicted molar refractivity (Wildman–Crippen MR) is 74.9 cm³/mol. The van der Waals surface area contributed by atoms with Crippen molar-refractivity contribution in [3.05, 3.63) is 23.9 Å². The lowest BCUT2D eigenvalue weighted by molar-refractivity contribution is -0.137. The van der Waals surface area contributed by atoms with Crippen LogP contribution in [0.5, 0.6) is 5.88 Å². The molecule has 7 heteroatoms. The number of hydrogen-bond acceptors (Lipinski definition) is 4. The molecule has 3 N–H and O–H groups in total. The summed E-state index contributed by atoms with van der Waals surface area (Å²) in [6.07, 6.45) is 3.53. The van der Waals surface area contributed by atoms with Gasteiger partial charge in [0.15, 0.2) is 0 Å². The van der Waals surface area contributed by atoms with E-state index in [2.05, 4.69) is 15.6 Å². The van der Waals surface area contributed by atoms with Crippen LogP contribution in [-0.4, -0.2) is 35.2 Å². The molecule has 1 unspecified atom stereocenters. The van der Waals surface area contributed by atoms with E-state index in [1.54, 1.807) is 12.3 Å². The normalized spacial score (nSPS) is 15.1. The Hall–Kier alpha value is -2.31. The number of pyridine rings is 1. The smallest absolute Gasteiger partial charge is 0.315 e. The zero-order valence-corrected chi connectivity index (χ0v) is 11.8. The molecule has 0 aliphatic heterocycles. The van der Waals surface area contributed by atoms with E-state index in [-0.39, 0.29) is 24.4 Å². The van der Waals surface area contributed by atoms with Crippen molar-refractivity contribution in [2.24, 2.45) is 5.92 Å². The standard InChI is InChI=1S/C14H19N3O4/c1-21-12-5-2-9(7-15-12)8-16-14(20)17-11(6-13(18)19)10-3-4-10/h2,5,7,10-11H,3-4,6,8H2,1H3,(H,18,19)(H2,16,17,20). The predicted octanol–water partition coefficient (Wildman–Crippen LogP) is 1.14. The molecule has 0 spiro atoms. The highest BCUT2D eigenvalue weighted by Gasteiger charge is 2.33. The van der Waals surface area contributed by atoms with Crippen LogP contribution in [0.25, 0.3) is 0 Å². The number of nitrogens with zero attached hydrogens (tertiary/aromatic N) is 1. The molecule has 1 heterocycles. The maximum Gasteiger partial charge on any atom is 0.315 e. The number of carbonyl (C=O) groups is 2. The molecule has 1 aliphatic carbocycles. The Bertz CT molecular complexity index is 499. The summed E-state index contributed by atoms with van der Waals surface area (Å²) in [5, 5.41) is 14.3. The molecule has 0 radical (unpaired) electrons. The maximum absolute atomic E-state index is 11.8. The first-order chi connectivity index (χ1) is 10.1. The fraction of sp³-hybridized carbons (Fsp3) is 0.500. The van der Waals surface area contributed by atoms with Crippen LogP contribution >= 0.6 is 0 Å². The quantitative estimate of drug-likeness (QED) is 0.700. The highest BCUT2D eigenvalue weighted by atomic mass is 16.5. The first-order valence-electron chi connectivity index (χ1n) is 6.83. The second kappa shape index (κ2) is 6.92. The van der Waals surface area contributed by atoms with Crippen molar-refractivity contribution < 1.29 is 19.4 Å². The van der Waals surface area contributed by atoms with Crippen LogP contribution < -0.4 is 15.4 Å². The Balaban J connectivity index is 1.78. The van der Waals surface area contributed by atoms with Gasteiger partial charge in [-0.15, -0.1) is 0 Å². The Labute approximate surface area is 122 Å². The zero-order valence-electron chi connectivity index (χ0n) is 11.8. The van der Waals surface area contributed by atoms with Crippen molar-refractivity contribution in [1.82, 2.24) is 15.6 Å². The van der Waals surface area contributed by atoms with Crippen LogP contribution in [0.1, 0.15) is 24.8 Å². The van der Waals surface area contributed by atoms with Crippen molar-refractivity contribution in [3.8, 4) is 5.88 Å². The second-order valence-electron chi connectivity index (χ2n) is 5.08. The van der Waals surface area contributed by atoms with Crippen LogP contribution in [0.3, 0.4) is 0 Å². The van der Waals surface area contributed by atoms with Gasteiger partial charge in [0.25, 0.3) is 0 Å². The van der Waals surface area contributed by atoms with Gasteiger partial charge >= 0.3 is 12.0 Å². The molecule has 1 atom stereocenters. The SMILES string of the molecule is COc1ccc(CNC(=O)NC(CC(=O)O)C2CC2)cn1. The lowest BCUT2D eigenvalue weighted by atomic mass is 10.1. The number of nitrogens with one attached hydrogen (secondary N) is 2. The van der Waals surface area contributed by atoms with E-state index in [4.69, 9.17) is 9.84 Å². The number of amides is 2. The molecule has 1 aliphatic rings. The summed E-state index contributed by atoms with van der Waals surface area (Å²) >= 11 is 0. The summed E-state index contributed by atoms with van der Waals surface area (Å²) in [7, 11) is 1.54. The fourth-order valence-electron chi connectivity index (χ4n) is 2.06. The lowest BCUT2D eigenvalue weighted by Crippen LogP contribution is -2.43. The van der Waals surface area contributed by atoms with Gasteiger partial charge in [0.2, 0.25) is 5.88 Å². The van der Waals surface area contributed by atoms with Crippen molar-refractivity contribution in [2.75, 3.05) is 7.11 Å². The van der Waals surface area contributed by atoms with Gasteiger partial charge in [-0.1, -0.05) is 6.07 Å². The van der Waals surface area contributed by atoms with Crippen LogP contribution in [-0.2, 0) is 11.3 Å². The molecule has 7 nitrogen and oxygen atoms in total. The average molecular weight is 293 g/mol. The number of methoxy groups -OCH3 is 1. The first-order valence-corrected chi connectivity index (χ1v) is 6.83. The summed E-state index contributed by atoms with van der Waals surface area (Å²) in [5.74, 6) is -0.0977. The summed E-state index contributed by atoms with van der Waals surface area (Å²) in [4.78, 5) is 26.6. The molecule has 0 saturated heterocycles. The highest BCUT2D eigenvalue weighted by Crippen LogP contribution is 2.33. The van der Waals surface area contributed by atoms with Gasteiger partial charge in [-0.25, -0.2) is 9.78 Å². The van der Waals surface area contributed by atoms with E-state index in [1.165, 1.54) is 7.11 Å². The summed E-state index contributed by atoms with van der Waals surface area (Å²) in [6, 6.07) is 2.87. The van der Waals surface area contributed by atoms with E-state index in [0.717, 1.165) is 18.4 Å². The van der Waals surface area contributed by atoms with E-state index in [9.17, 15) is 9.59 Å². The van der Waals surface area contributed by atoms with Crippen LogP contribution in [0.15, 0.2) is 18.3 Å². The molecule has 1 aromatic rings. The molecule has 1 saturated carbocycles. The number of aromatic nitrogens is 1. The molecular formula is C14H19N3O4. The third-order valence-corrected chi connectivity index (χ3v) is 3.36. The summed E-state index contributed by atoms with van der Waals surface area (Å²) < 4.78 is 4.95. The number of carboxylic acid groups (broad SMARTS) is 1. The third-order valence-electron chi connectivity index (χ3n) is 3.36. The molecule has 21 heavy (non-hydrogen) atoms. The van der Waals surface area contributed by atoms with E-state index >= 15 is 0 Å². The lowest BCUT2D eigenvalue weighted by Gasteiger charge is -2.16. The van der Waals surface area contributed by atoms with Gasteiger partial charge < -0.3 is 20.5 Å². The number of hydrogen-bond donors (Lipinski definition) is 3. The van der Waals surface area contributed by atoms with Crippen LogP contribution in [0, 0.1) is 5.92 Å². The Morgan fingerprint density at radius 1 is 1.48 bits per heavy atom. The average Bonchev–Trinajstić information content (AvgIpc) is 3.29. The number of ether oxygens (including phenoxy) is 1. The fourth-order valence-corrected chi connectivity index (χ4v) is 2.06. The van der Waals surface area contributed by atoms with Gasteiger partial charge in [0, 0.05) is 24.8 Å². The first kappa shape index (κ1) is 15.1.